The number of rotatable bonds is 5. The van der Waals surface area contributed by atoms with Gasteiger partial charge in [-0.25, -0.2) is 4.68 Å². The van der Waals surface area contributed by atoms with Crippen LogP contribution in [0.4, 0.5) is 0 Å². The predicted molar refractivity (Wildman–Crippen MR) is 116 cm³/mol. The molecule has 0 bridgehead atoms. The topological polar surface area (TPSA) is 70.3 Å². The van der Waals surface area contributed by atoms with Gasteiger partial charge in [-0.05, 0) is 55.8 Å². The molecular formula is C23H30N6O. The van der Waals surface area contributed by atoms with Crippen LogP contribution >= 0.6 is 0 Å². The SMILES string of the molecule is CN(C)Cc1cn([C@@H]2C[C@@H]3CN(Cc4cccc5cnccc45)C[C@@H]3C[C@H]2O)nn1. The summed E-state index contributed by atoms with van der Waals surface area (Å²) in [6.07, 6.45) is 7.26. The Balaban J connectivity index is 1.28. The van der Waals surface area contributed by atoms with Crippen molar-refractivity contribution in [1.82, 2.24) is 29.8 Å². The fourth-order valence-electron chi connectivity index (χ4n) is 5.36. The van der Waals surface area contributed by atoms with Crippen LogP contribution in [0, 0.1) is 11.8 Å². The van der Waals surface area contributed by atoms with Gasteiger partial charge in [-0.2, -0.15) is 0 Å². The minimum atomic E-state index is -0.358. The molecule has 2 fully saturated rings. The molecule has 1 saturated carbocycles. The summed E-state index contributed by atoms with van der Waals surface area (Å²) in [4.78, 5) is 8.89. The number of likely N-dealkylation sites (tertiary alicyclic amines) is 1. The van der Waals surface area contributed by atoms with Crippen molar-refractivity contribution < 1.29 is 5.11 Å². The second kappa shape index (κ2) is 8.06. The molecule has 3 heterocycles. The van der Waals surface area contributed by atoms with Crippen molar-refractivity contribution in [2.75, 3.05) is 27.2 Å². The molecule has 1 N–H and O–H groups in total. The summed E-state index contributed by atoms with van der Waals surface area (Å²) in [6, 6.07) is 8.61. The molecule has 30 heavy (non-hydrogen) atoms. The summed E-state index contributed by atoms with van der Waals surface area (Å²) >= 11 is 0. The minimum Gasteiger partial charge on any atom is -0.391 e. The van der Waals surface area contributed by atoms with Gasteiger partial charge in [0, 0.05) is 44.0 Å². The molecular weight excluding hydrogens is 376 g/mol. The van der Waals surface area contributed by atoms with Gasteiger partial charge in [-0.1, -0.05) is 23.4 Å². The fourth-order valence-corrected chi connectivity index (χ4v) is 5.36. The Bertz CT molecular complexity index is 1010. The second-order valence-corrected chi connectivity index (χ2v) is 9.26. The first-order valence-electron chi connectivity index (χ1n) is 10.8. The lowest BCUT2D eigenvalue weighted by atomic mass is 9.77. The monoisotopic (exact) mass is 406 g/mol. The zero-order chi connectivity index (χ0) is 20.7. The number of pyridine rings is 1. The van der Waals surface area contributed by atoms with Gasteiger partial charge in [0.2, 0.25) is 0 Å². The van der Waals surface area contributed by atoms with Crippen LogP contribution < -0.4 is 0 Å². The highest BCUT2D eigenvalue weighted by molar-refractivity contribution is 5.84. The summed E-state index contributed by atoms with van der Waals surface area (Å²) in [5.74, 6) is 1.15. The van der Waals surface area contributed by atoms with Crippen molar-refractivity contribution >= 4 is 10.8 Å². The number of benzene rings is 1. The Labute approximate surface area is 177 Å². The number of hydrogen-bond acceptors (Lipinski definition) is 6. The maximum atomic E-state index is 10.9. The summed E-state index contributed by atoms with van der Waals surface area (Å²) in [7, 11) is 4.05. The fraction of sp³-hybridized carbons (Fsp3) is 0.522. The maximum absolute atomic E-state index is 10.9. The third kappa shape index (κ3) is 3.85. The molecule has 0 amide bonds. The van der Waals surface area contributed by atoms with Crippen LogP contribution in [0.25, 0.3) is 10.8 Å². The van der Waals surface area contributed by atoms with E-state index in [2.05, 4.69) is 49.4 Å². The molecule has 1 aromatic carbocycles. The standard InChI is InChI=1S/C23H30N6O/c1-27(2)14-20-15-29(26-25-20)22-8-18-12-28(13-19(18)9-23(22)30)11-17-5-3-4-16-10-24-7-6-21(16)17/h3-7,10,15,18-19,22-23,30H,8-9,11-14H2,1-2H3/t18-,19+,22-,23-/m1/s1. The highest BCUT2D eigenvalue weighted by atomic mass is 16.3. The smallest absolute Gasteiger partial charge is 0.0967 e. The molecule has 2 aliphatic rings. The van der Waals surface area contributed by atoms with Crippen LogP contribution in [0.1, 0.15) is 30.1 Å². The number of aromatic nitrogens is 4. The molecule has 2 aromatic heterocycles. The van der Waals surface area contributed by atoms with Crippen LogP contribution in [0.5, 0.6) is 0 Å². The molecule has 3 aromatic rings. The Kier molecular flexibility index (Phi) is 5.26. The Morgan fingerprint density at radius 2 is 1.97 bits per heavy atom. The van der Waals surface area contributed by atoms with Crippen molar-refractivity contribution in [3.8, 4) is 0 Å². The molecule has 0 unspecified atom stereocenters. The lowest BCUT2D eigenvalue weighted by Crippen LogP contribution is -2.36. The maximum Gasteiger partial charge on any atom is 0.0967 e. The molecule has 1 aliphatic carbocycles. The van der Waals surface area contributed by atoms with Gasteiger partial charge in [-0.15, -0.1) is 5.10 Å². The van der Waals surface area contributed by atoms with Gasteiger partial charge in [0.25, 0.3) is 0 Å². The number of nitrogens with zero attached hydrogens (tertiary/aromatic N) is 6. The quantitative estimate of drug-likeness (QED) is 0.701. The third-order valence-electron chi connectivity index (χ3n) is 6.73. The van der Waals surface area contributed by atoms with Crippen LogP contribution in [0.3, 0.4) is 0 Å². The van der Waals surface area contributed by atoms with E-state index in [1.165, 1.54) is 16.3 Å². The van der Waals surface area contributed by atoms with Gasteiger partial charge in [0.05, 0.1) is 24.0 Å². The van der Waals surface area contributed by atoms with E-state index in [4.69, 9.17) is 0 Å². The van der Waals surface area contributed by atoms with Gasteiger partial charge in [-0.3, -0.25) is 9.88 Å². The summed E-state index contributed by atoms with van der Waals surface area (Å²) in [6.45, 7) is 3.85. The number of fused-ring (bicyclic) bond motifs is 2. The van der Waals surface area contributed by atoms with Gasteiger partial charge < -0.3 is 10.0 Å². The first kappa shape index (κ1) is 19.6. The average molecular weight is 407 g/mol. The van der Waals surface area contributed by atoms with E-state index in [-0.39, 0.29) is 12.1 Å². The summed E-state index contributed by atoms with van der Waals surface area (Å²) in [5.41, 5.74) is 2.31. The largest absolute Gasteiger partial charge is 0.391 e. The van der Waals surface area contributed by atoms with Crippen molar-refractivity contribution in [2.24, 2.45) is 11.8 Å². The number of aliphatic hydroxyl groups is 1. The van der Waals surface area contributed by atoms with Crippen LogP contribution in [-0.4, -0.2) is 68.2 Å². The van der Waals surface area contributed by atoms with E-state index in [1.807, 2.05) is 37.4 Å². The Morgan fingerprint density at radius 1 is 1.13 bits per heavy atom. The van der Waals surface area contributed by atoms with E-state index in [0.717, 1.165) is 44.7 Å². The molecule has 7 nitrogen and oxygen atoms in total. The summed E-state index contributed by atoms with van der Waals surface area (Å²) < 4.78 is 1.90. The van der Waals surface area contributed by atoms with Crippen LogP contribution in [0.2, 0.25) is 0 Å². The van der Waals surface area contributed by atoms with E-state index < -0.39 is 0 Å². The van der Waals surface area contributed by atoms with E-state index in [9.17, 15) is 5.11 Å². The number of aliphatic hydroxyl groups excluding tert-OH is 1. The van der Waals surface area contributed by atoms with Gasteiger partial charge >= 0.3 is 0 Å². The molecule has 0 spiro atoms. The zero-order valence-electron chi connectivity index (χ0n) is 17.7. The Morgan fingerprint density at radius 3 is 2.80 bits per heavy atom. The average Bonchev–Trinajstić information content (AvgIpc) is 3.33. The lowest BCUT2D eigenvalue weighted by molar-refractivity contribution is 0.0298. The van der Waals surface area contributed by atoms with E-state index >= 15 is 0 Å². The predicted octanol–water partition coefficient (Wildman–Crippen LogP) is 2.33. The highest BCUT2D eigenvalue weighted by Crippen LogP contribution is 2.41. The Hall–Kier alpha value is -2.35. The highest BCUT2D eigenvalue weighted by Gasteiger charge is 2.42. The summed E-state index contributed by atoms with van der Waals surface area (Å²) in [5, 5.41) is 22.0. The third-order valence-corrected chi connectivity index (χ3v) is 6.73. The zero-order valence-corrected chi connectivity index (χ0v) is 17.7. The first-order chi connectivity index (χ1) is 14.6. The van der Waals surface area contributed by atoms with Crippen molar-refractivity contribution in [1.29, 1.82) is 0 Å². The van der Waals surface area contributed by atoms with Crippen molar-refractivity contribution in [2.45, 2.75) is 38.1 Å². The molecule has 7 heteroatoms. The first-order valence-corrected chi connectivity index (χ1v) is 10.8. The van der Waals surface area contributed by atoms with Gasteiger partial charge in [0.1, 0.15) is 0 Å². The van der Waals surface area contributed by atoms with Crippen LogP contribution in [0.15, 0.2) is 42.9 Å². The molecule has 4 atom stereocenters. The molecule has 0 radical (unpaired) electrons. The van der Waals surface area contributed by atoms with E-state index in [0.29, 0.717) is 11.8 Å². The lowest BCUT2D eigenvalue weighted by Gasteiger charge is -2.35. The minimum absolute atomic E-state index is 0.0262. The molecule has 1 aliphatic heterocycles. The van der Waals surface area contributed by atoms with E-state index in [1.54, 1.807) is 0 Å². The van der Waals surface area contributed by atoms with Crippen LogP contribution in [-0.2, 0) is 13.1 Å². The normalized spacial score (nSPS) is 27.1. The van der Waals surface area contributed by atoms with Crippen molar-refractivity contribution in [3.05, 3.63) is 54.1 Å². The number of hydrogen-bond donors (Lipinski definition) is 1. The van der Waals surface area contributed by atoms with Crippen molar-refractivity contribution in [3.63, 3.8) is 0 Å². The molecule has 158 valence electrons. The second-order valence-electron chi connectivity index (χ2n) is 9.26. The molecule has 1 saturated heterocycles. The molecule has 5 rings (SSSR count). The van der Waals surface area contributed by atoms with Gasteiger partial charge in [0.15, 0.2) is 0 Å².